The van der Waals surface area contributed by atoms with Crippen LogP contribution < -0.4 is 0 Å². The Bertz CT molecular complexity index is 318. The van der Waals surface area contributed by atoms with Crippen molar-refractivity contribution in [2.45, 2.75) is 39.2 Å². The number of hydrogen-bond acceptors (Lipinski definition) is 1. The van der Waals surface area contributed by atoms with E-state index in [0.29, 0.717) is 6.54 Å². The molecule has 0 bridgehead atoms. The topological polar surface area (TPSA) is 40.5 Å². The molecule has 1 aliphatic heterocycles. The fourth-order valence-corrected chi connectivity index (χ4v) is 3.19. The number of carbonyl (C=O) groups is 1. The first kappa shape index (κ1) is 14.0. The normalized spacial score (nSPS) is 25.7. The van der Waals surface area contributed by atoms with E-state index in [9.17, 15) is 9.90 Å². The zero-order valence-corrected chi connectivity index (χ0v) is 12.9. The van der Waals surface area contributed by atoms with E-state index in [-0.39, 0.29) is 5.41 Å². The van der Waals surface area contributed by atoms with Crippen LogP contribution in [-0.2, 0) is 0 Å². The molecule has 16 heavy (non-hydrogen) atoms. The fraction of sp³-hybridized carbons (Fsp3) is 0.727. The van der Waals surface area contributed by atoms with Gasteiger partial charge < -0.3 is 5.11 Å². The summed E-state index contributed by atoms with van der Waals surface area (Å²) < 4.78 is 0.808. The van der Waals surface area contributed by atoms with Gasteiger partial charge in [0.2, 0.25) is 0 Å². The lowest BCUT2D eigenvalue weighted by molar-refractivity contribution is 0.0641. The SMILES string of the molecule is CC(C)(C)[C@@]1(C=C(Br)Br)CCCN1C(=O)O. The largest absolute Gasteiger partial charge is 0.465 e. The van der Waals surface area contributed by atoms with Crippen LogP contribution in [0.1, 0.15) is 33.6 Å². The molecule has 0 spiro atoms. The molecule has 5 heteroatoms. The Morgan fingerprint density at radius 2 is 2.00 bits per heavy atom. The maximum absolute atomic E-state index is 11.3. The van der Waals surface area contributed by atoms with E-state index in [1.165, 1.54) is 0 Å². The average molecular weight is 355 g/mol. The predicted octanol–water partition coefficient (Wildman–Crippen LogP) is 4.18. The number of halogens is 2. The Balaban J connectivity index is 3.24. The molecule has 1 amide bonds. The van der Waals surface area contributed by atoms with E-state index in [0.717, 1.165) is 16.2 Å². The van der Waals surface area contributed by atoms with Gasteiger partial charge in [-0.1, -0.05) is 20.8 Å². The van der Waals surface area contributed by atoms with Crippen molar-refractivity contribution in [1.82, 2.24) is 4.90 Å². The molecule has 0 saturated carbocycles. The smallest absolute Gasteiger partial charge is 0.408 e. The maximum Gasteiger partial charge on any atom is 0.408 e. The predicted molar refractivity (Wildman–Crippen MR) is 72.1 cm³/mol. The quantitative estimate of drug-likeness (QED) is 0.767. The zero-order chi connectivity index (χ0) is 12.6. The Kier molecular flexibility index (Phi) is 4.11. The second-order valence-electron chi connectivity index (χ2n) is 5.15. The van der Waals surface area contributed by atoms with Crippen molar-refractivity contribution in [2.75, 3.05) is 6.54 Å². The highest BCUT2D eigenvalue weighted by Gasteiger charge is 2.50. The van der Waals surface area contributed by atoms with Crippen molar-refractivity contribution < 1.29 is 9.90 Å². The third kappa shape index (κ3) is 2.45. The van der Waals surface area contributed by atoms with Crippen molar-refractivity contribution in [3.05, 3.63) is 9.47 Å². The van der Waals surface area contributed by atoms with Crippen LogP contribution in [0.25, 0.3) is 0 Å². The lowest BCUT2D eigenvalue weighted by atomic mass is 9.72. The highest BCUT2D eigenvalue weighted by molar-refractivity contribution is 9.28. The van der Waals surface area contributed by atoms with Gasteiger partial charge in [0.1, 0.15) is 0 Å². The molecule has 3 nitrogen and oxygen atoms in total. The Morgan fingerprint density at radius 3 is 2.38 bits per heavy atom. The summed E-state index contributed by atoms with van der Waals surface area (Å²) in [5.74, 6) is 0. The van der Waals surface area contributed by atoms with Gasteiger partial charge in [-0.3, -0.25) is 4.90 Å². The molecule has 0 radical (unpaired) electrons. The second-order valence-corrected chi connectivity index (χ2v) is 7.92. The van der Waals surface area contributed by atoms with Crippen LogP contribution in [0.3, 0.4) is 0 Å². The molecule has 1 atom stereocenters. The summed E-state index contributed by atoms with van der Waals surface area (Å²) in [6, 6.07) is 0. The average Bonchev–Trinajstić information content (AvgIpc) is 2.46. The zero-order valence-electron chi connectivity index (χ0n) is 9.76. The van der Waals surface area contributed by atoms with Gasteiger partial charge in [0.05, 0.1) is 8.93 Å². The van der Waals surface area contributed by atoms with Crippen molar-refractivity contribution in [2.24, 2.45) is 5.41 Å². The first-order valence-corrected chi connectivity index (χ1v) is 6.84. The van der Waals surface area contributed by atoms with Gasteiger partial charge in [-0.25, -0.2) is 4.79 Å². The molecule has 1 N–H and O–H groups in total. The van der Waals surface area contributed by atoms with E-state index in [1.807, 2.05) is 6.08 Å². The Hall–Kier alpha value is -0.0300. The number of hydrogen-bond donors (Lipinski definition) is 1. The molecule has 1 heterocycles. The molecule has 0 aromatic carbocycles. The Morgan fingerprint density at radius 1 is 1.44 bits per heavy atom. The molecular formula is C11H17Br2NO2. The fourth-order valence-electron chi connectivity index (χ4n) is 2.43. The molecule has 0 unspecified atom stereocenters. The molecule has 0 aromatic heterocycles. The van der Waals surface area contributed by atoms with Gasteiger partial charge in [0.25, 0.3) is 0 Å². The van der Waals surface area contributed by atoms with E-state index in [4.69, 9.17) is 0 Å². The first-order chi connectivity index (χ1) is 7.21. The van der Waals surface area contributed by atoms with Gasteiger partial charge in [-0.2, -0.15) is 0 Å². The lowest BCUT2D eigenvalue weighted by Crippen LogP contribution is -2.54. The van der Waals surface area contributed by atoms with E-state index in [2.05, 4.69) is 52.6 Å². The van der Waals surface area contributed by atoms with Crippen LogP contribution >= 0.6 is 31.9 Å². The number of likely N-dealkylation sites (tertiary alicyclic amines) is 1. The highest BCUT2D eigenvalue weighted by atomic mass is 79.9. The molecule has 1 saturated heterocycles. The summed E-state index contributed by atoms with van der Waals surface area (Å²) in [4.78, 5) is 12.9. The molecule has 1 fully saturated rings. The summed E-state index contributed by atoms with van der Waals surface area (Å²) in [6.07, 6.45) is 2.90. The number of carboxylic acid groups (broad SMARTS) is 1. The summed E-state index contributed by atoms with van der Waals surface area (Å²) >= 11 is 6.69. The van der Waals surface area contributed by atoms with Crippen LogP contribution in [0.4, 0.5) is 4.79 Å². The lowest BCUT2D eigenvalue weighted by Gasteiger charge is -2.45. The van der Waals surface area contributed by atoms with E-state index >= 15 is 0 Å². The molecule has 1 aliphatic rings. The van der Waals surface area contributed by atoms with Gasteiger partial charge in [-0.15, -0.1) is 0 Å². The summed E-state index contributed by atoms with van der Waals surface area (Å²) in [7, 11) is 0. The van der Waals surface area contributed by atoms with Gasteiger partial charge in [-0.05, 0) is 56.2 Å². The minimum Gasteiger partial charge on any atom is -0.465 e. The molecule has 0 aromatic rings. The standard InChI is InChI=1S/C11H17Br2NO2/c1-10(2,3)11(7-8(12)13)5-4-6-14(11)9(15)16/h7H,4-6H2,1-3H3,(H,15,16)/t11-/m0/s1. The third-order valence-corrected chi connectivity index (χ3v) is 3.76. The minimum atomic E-state index is -0.843. The van der Waals surface area contributed by atoms with Crippen LogP contribution in [0.5, 0.6) is 0 Å². The maximum atomic E-state index is 11.3. The third-order valence-electron chi connectivity index (χ3n) is 3.30. The molecular weight excluding hydrogens is 338 g/mol. The minimum absolute atomic E-state index is 0.130. The number of amides is 1. The van der Waals surface area contributed by atoms with Crippen LogP contribution in [0, 0.1) is 5.41 Å². The summed E-state index contributed by atoms with van der Waals surface area (Å²) in [6.45, 7) is 6.84. The van der Waals surface area contributed by atoms with Gasteiger partial charge >= 0.3 is 6.09 Å². The van der Waals surface area contributed by atoms with Crippen LogP contribution in [0.15, 0.2) is 9.47 Å². The molecule has 92 valence electrons. The van der Waals surface area contributed by atoms with Crippen LogP contribution in [0.2, 0.25) is 0 Å². The van der Waals surface area contributed by atoms with Gasteiger partial charge in [0, 0.05) is 6.54 Å². The first-order valence-electron chi connectivity index (χ1n) is 5.25. The molecule has 0 aliphatic carbocycles. The second kappa shape index (κ2) is 4.69. The highest BCUT2D eigenvalue weighted by Crippen LogP contribution is 2.46. The summed E-state index contributed by atoms with van der Waals surface area (Å²) in [5, 5.41) is 9.29. The monoisotopic (exact) mass is 353 g/mol. The van der Waals surface area contributed by atoms with Crippen molar-refractivity contribution in [3.8, 4) is 0 Å². The van der Waals surface area contributed by atoms with E-state index in [1.54, 1.807) is 4.90 Å². The summed E-state index contributed by atoms with van der Waals surface area (Å²) in [5.41, 5.74) is -0.560. The molecule has 1 rings (SSSR count). The van der Waals surface area contributed by atoms with E-state index < -0.39 is 11.6 Å². The number of rotatable bonds is 1. The van der Waals surface area contributed by atoms with Crippen molar-refractivity contribution in [1.29, 1.82) is 0 Å². The Labute approximate surface area is 113 Å². The van der Waals surface area contributed by atoms with Crippen molar-refractivity contribution in [3.63, 3.8) is 0 Å². The van der Waals surface area contributed by atoms with Crippen molar-refractivity contribution >= 4 is 38.0 Å². The number of nitrogens with zero attached hydrogens (tertiary/aromatic N) is 1. The van der Waals surface area contributed by atoms with Gasteiger partial charge in [0.15, 0.2) is 0 Å². The van der Waals surface area contributed by atoms with Crippen LogP contribution in [-0.4, -0.2) is 28.2 Å².